The van der Waals surface area contributed by atoms with Crippen molar-refractivity contribution in [2.75, 3.05) is 0 Å². The van der Waals surface area contributed by atoms with Gasteiger partial charge in [0.2, 0.25) is 10.0 Å². The summed E-state index contributed by atoms with van der Waals surface area (Å²) in [7, 11) is -3.71. The monoisotopic (exact) mass is 411 g/mol. The van der Waals surface area contributed by atoms with Crippen LogP contribution in [0.4, 0.5) is 0 Å². The van der Waals surface area contributed by atoms with E-state index >= 15 is 0 Å². The van der Waals surface area contributed by atoms with Crippen molar-refractivity contribution < 1.29 is 8.42 Å². The van der Waals surface area contributed by atoms with Gasteiger partial charge in [0.1, 0.15) is 4.90 Å². The molecule has 1 aliphatic carbocycles. The third-order valence-electron chi connectivity index (χ3n) is 5.33. The largest absolute Gasteiger partial charge is 0.242 e. The van der Waals surface area contributed by atoms with Crippen molar-refractivity contribution in [2.45, 2.75) is 63.8 Å². The Morgan fingerprint density at radius 2 is 1.58 bits per heavy atom. The van der Waals surface area contributed by atoms with E-state index in [9.17, 15) is 8.42 Å². The van der Waals surface area contributed by atoms with Crippen LogP contribution in [-0.2, 0) is 10.0 Å². The molecule has 1 fully saturated rings. The molecule has 0 aliphatic heterocycles. The van der Waals surface area contributed by atoms with Crippen LogP contribution in [0.2, 0.25) is 15.1 Å². The first-order chi connectivity index (χ1) is 11.1. The maximum absolute atomic E-state index is 12.6. The summed E-state index contributed by atoms with van der Waals surface area (Å²) in [6.07, 6.45) is 4.87. The third kappa shape index (κ3) is 4.59. The van der Waals surface area contributed by atoms with Gasteiger partial charge in [-0.25, -0.2) is 13.1 Å². The maximum atomic E-state index is 12.6. The number of rotatable bonds is 5. The topological polar surface area (TPSA) is 46.2 Å². The molecule has 2 rings (SSSR count). The lowest BCUT2D eigenvalue weighted by atomic mass is 9.69. The molecule has 0 aromatic heterocycles. The van der Waals surface area contributed by atoms with Gasteiger partial charge in [0.15, 0.2) is 0 Å². The minimum absolute atomic E-state index is 0.0189. The highest BCUT2D eigenvalue weighted by Gasteiger charge is 2.33. The first-order valence-corrected chi connectivity index (χ1v) is 10.9. The number of benzene rings is 1. The number of hydrogen-bond donors (Lipinski definition) is 1. The smallest absolute Gasteiger partial charge is 0.208 e. The van der Waals surface area contributed by atoms with E-state index < -0.39 is 10.0 Å². The van der Waals surface area contributed by atoms with E-state index in [1.165, 1.54) is 12.1 Å². The fourth-order valence-corrected chi connectivity index (χ4v) is 5.58. The molecule has 1 N–H and O–H groups in total. The van der Waals surface area contributed by atoms with Crippen molar-refractivity contribution in [3.8, 4) is 0 Å². The molecule has 1 aromatic rings. The summed E-state index contributed by atoms with van der Waals surface area (Å²) in [5, 5.41) is 0.496. The fraction of sp³-hybridized carbons (Fsp3) is 0.647. The van der Waals surface area contributed by atoms with E-state index in [0.29, 0.717) is 11.3 Å². The highest BCUT2D eigenvalue weighted by molar-refractivity contribution is 7.89. The van der Waals surface area contributed by atoms with Crippen molar-refractivity contribution in [1.82, 2.24) is 4.72 Å². The van der Waals surface area contributed by atoms with Gasteiger partial charge in [0, 0.05) is 6.04 Å². The third-order valence-corrected chi connectivity index (χ3v) is 8.04. The van der Waals surface area contributed by atoms with E-state index in [4.69, 9.17) is 34.8 Å². The molecule has 136 valence electrons. The molecule has 7 heteroatoms. The van der Waals surface area contributed by atoms with Crippen LogP contribution >= 0.6 is 34.8 Å². The second-order valence-electron chi connectivity index (χ2n) is 7.21. The average Bonchev–Trinajstić information content (AvgIpc) is 2.51. The summed E-state index contributed by atoms with van der Waals surface area (Å²) in [4.78, 5) is -0.0189. The van der Waals surface area contributed by atoms with Crippen LogP contribution in [0.15, 0.2) is 17.0 Å². The number of nitrogens with one attached hydrogen (secondary N) is 1. The first-order valence-electron chi connectivity index (χ1n) is 8.23. The Morgan fingerprint density at radius 1 is 1.04 bits per heavy atom. The summed E-state index contributed by atoms with van der Waals surface area (Å²) in [6.45, 7) is 6.79. The predicted molar refractivity (Wildman–Crippen MR) is 102 cm³/mol. The van der Waals surface area contributed by atoms with Crippen LogP contribution in [0.3, 0.4) is 0 Å². The minimum atomic E-state index is -3.71. The van der Waals surface area contributed by atoms with Crippen LogP contribution in [-0.4, -0.2) is 14.5 Å². The van der Waals surface area contributed by atoms with E-state index in [1.54, 1.807) is 0 Å². The van der Waals surface area contributed by atoms with Crippen molar-refractivity contribution in [3.63, 3.8) is 0 Å². The van der Waals surface area contributed by atoms with Gasteiger partial charge in [-0.3, -0.25) is 0 Å². The Kier molecular flexibility index (Phi) is 6.53. The summed E-state index contributed by atoms with van der Waals surface area (Å²) in [5.41, 5.74) is 0.302. The molecule has 0 unspecified atom stereocenters. The standard InChI is InChI=1S/C17H24Cl3NO2S/c1-4-17(2,3)11-5-7-12(8-6-11)21-24(22,23)16-10-14(19)13(18)9-15(16)20/h9-12,21H,4-8H2,1-3H3. The molecular formula is C17H24Cl3NO2S. The summed E-state index contributed by atoms with van der Waals surface area (Å²) >= 11 is 17.8. The van der Waals surface area contributed by atoms with Crippen LogP contribution in [0.1, 0.15) is 52.9 Å². The SMILES string of the molecule is CCC(C)(C)C1CCC(NS(=O)(=O)c2cc(Cl)c(Cl)cc2Cl)CC1. The summed E-state index contributed by atoms with van der Waals surface area (Å²) < 4.78 is 28.0. The Morgan fingerprint density at radius 3 is 2.12 bits per heavy atom. The molecule has 24 heavy (non-hydrogen) atoms. The lowest BCUT2D eigenvalue weighted by Gasteiger charge is -2.39. The first kappa shape index (κ1) is 20.3. The Hall–Kier alpha value is -0.000000000000000111. The molecular weight excluding hydrogens is 389 g/mol. The Labute approximate surface area is 160 Å². The Bertz CT molecular complexity index is 696. The van der Waals surface area contributed by atoms with Gasteiger partial charge < -0.3 is 0 Å². The van der Waals surface area contributed by atoms with E-state index in [2.05, 4.69) is 25.5 Å². The number of halogens is 3. The van der Waals surface area contributed by atoms with Gasteiger partial charge in [-0.05, 0) is 49.1 Å². The second kappa shape index (κ2) is 7.71. The highest BCUT2D eigenvalue weighted by atomic mass is 35.5. The van der Waals surface area contributed by atoms with Crippen molar-refractivity contribution in [3.05, 3.63) is 27.2 Å². The molecule has 0 atom stereocenters. The highest BCUT2D eigenvalue weighted by Crippen LogP contribution is 2.41. The number of sulfonamides is 1. The lowest BCUT2D eigenvalue weighted by Crippen LogP contribution is -2.39. The predicted octanol–water partition coefficient (Wildman–Crippen LogP) is 5.92. The molecule has 3 nitrogen and oxygen atoms in total. The summed E-state index contributed by atoms with van der Waals surface area (Å²) in [6, 6.07) is 2.60. The zero-order valence-electron chi connectivity index (χ0n) is 14.2. The van der Waals surface area contributed by atoms with E-state index in [0.717, 1.165) is 32.1 Å². The summed E-state index contributed by atoms with van der Waals surface area (Å²) in [5.74, 6) is 0.636. The lowest BCUT2D eigenvalue weighted by molar-refractivity contribution is 0.142. The van der Waals surface area contributed by atoms with Crippen LogP contribution in [0.25, 0.3) is 0 Å². The zero-order chi connectivity index (χ0) is 18.1. The van der Waals surface area contributed by atoms with Gasteiger partial charge in [-0.2, -0.15) is 0 Å². The maximum Gasteiger partial charge on any atom is 0.242 e. The van der Waals surface area contributed by atoms with Gasteiger partial charge in [-0.1, -0.05) is 62.0 Å². The Balaban J connectivity index is 2.08. The second-order valence-corrected chi connectivity index (χ2v) is 10.1. The fourth-order valence-electron chi connectivity index (χ4n) is 3.27. The molecule has 1 aliphatic rings. The zero-order valence-corrected chi connectivity index (χ0v) is 17.3. The molecule has 0 saturated heterocycles. The van der Waals surface area contributed by atoms with E-state index in [-0.39, 0.29) is 26.0 Å². The molecule has 1 aromatic carbocycles. The average molecular weight is 413 g/mol. The van der Waals surface area contributed by atoms with Gasteiger partial charge in [0.05, 0.1) is 15.1 Å². The van der Waals surface area contributed by atoms with E-state index in [1.807, 2.05) is 0 Å². The van der Waals surface area contributed by atoms with Crippen LogP contribution in [0.5, 0.6) is 0 Å². The molecule has 0 bridgehead atoms. The molecule has 0 amide bonds. The minimum Gasteiger partial charge on any atom is -0.208 e. The van der Waals surface area contributed by atoms with Gasteiger partial charge in [-0.15, -0.1) is 0 Å². The van der Waals surface area contributed by atoms with Crippen molar-refractivity contribution in [1.29, 1.82) is 0 Å². The van der Waals surface area contributed by atoms with Crippen molar-refractivity contribution in [2.24, 2.45) is 11.3 Å². The molecule has 0 spiro atoms. The quantitative estimate of drug-likeness (QED) is 0.610. The van der Waals surface area contributed by atoms with Gasteiger partial charge in [0.25, 0.3) is 0 Å². The van der Waals surface area contributed by atoms with Crippen LogP contribution in [0, 0.1) is 11.3 Å². The normalized spacial score (nSPS) is 22.6. The number of hydrogen-bond acceptors (Lipinski definition) is 2. The molecule has 0 heterocycles. The van der Waals surface area contributed by atoms with Gasteiger partial charge >= 0.3 is 0 Å². The molecule has 1 saturated carbocycles. The molecule has 0 radical (unpaired) electrons. The van der Waals surface area contributed by atoms with Crippen molar-refractivity contribution >= 4 is 44.8 Å². The van der Waals surface area contributed by atoms with Crippen LogP contribution < -0.4 is 4.72 Å².